The molecule has 1 heterocycles. The highest BCUT2D eigenvalue weighted by molar-refractivity contribution is 6.31. The molecule has 0 radical (unpaired) electrons. The number of rotatable bonds is 2. The molecule has 0 spiro atoms. The van der Waals surface area contributed by atoms with Crippen LogP contribution in [-0.2, 0) is 13.5 Å². The molecule has 16 heavy (non-hydrogen) atoms. The normalized spacial score (nSPS) is 10.9. The van der Waals surface area contributed by atoms with E-state index in [-0.39, 0.29) is 5.56 Å². The summed E-state index contributed by atoms with van der Waals surface area (Å²) in [5.74, 6) is 0. The van der Waals surface area contributed by atoms with Crippen LogP contribution in [0.2, 0.25) is 5.02 Å². The monoisotopic (exact) mass is 236 g/mol. The molecule has 1 aromatic carbocycles. The molecule has 0 unspecified atom stereocenters. The molecule has 0 atom stereocenters. The van der Waals surface area contributed by atoms with Crippen molar-refractivity contribution in [2.24, 2.45) is 12.8 Å². The molecular formula is C12H13ClN2O. The highest BCUT2D eigenvalue weighted by Gasteiger charge is 2.06. The standard InChI is InChI=1S/C12H13ClN2O/c1-15-11-7-10(13)3-2-8(11)6-9(4-5-14)12(15)16/h2-3,6-7H,4-5,14H2,1H3. The first-order chi connectivity index (χ1) is 7.63. The summed E-state index contributed by atoms with van der Waals surface area (Å²) in [7, 11) is 1.75. The third-order valence-electron chi connectivity index (χ3n) is 2.68. The smallest absolute Gasteiger partial charge is 0.254 e. The summed E-state index contributed by atoms with van der Waals surface area (Å²) in [6, 6.07) is 7.42. The Morgan fingerprint density at radius 2 is 2.12 bits per heavy atom. The van der Waals surface area contributed by atoms with E-state index >= 15 is 0 Å². The Labute approximate surface area is 98.4 Å². The van der Waals surface area contributed by atoms with Crippen molar-refractivity contribution in [3.05, 3.63) is 45.2 Å². The maximum Gasteiger partial charge on any atom is 0.254 e. The second-order valence-electron chi connectivity index (χ2n) is 3.78. The van der Waals surface area contributed by atoms with Gasteiger partial charge in [0.05, 0.1) is 5.52 Å². The van der Waals surface area contributed by atoms with E-state index in [1.54, 1.807) is 17.7 Å². The molecule has 0 saturated heterocycles. The number of benzene rings is 1. The molecule has 3 nitrogen and oxygen atoms in total. The SMILES string of the molecule is Cn1c(=O)c(CCN)cc2ccc(Cl)cc21. The molecule has 84 valence electrons. The van der Waals surface area contributed by atoms with Crippen molar-refractivity contribution in [2.75, 3.05) is 6.54 Å². The van der Waals surface area contributed by atoms with Gasteiger partial charge in [-0.2, -0.15) is 0 Å². The van der Waals surface area contributed by atoms with Gasteiger partial charge in [-0.1, -0.05) is 17.7 Å². The number of nitrogens with two attached hydrogens (primary N) is 1. The van der Waals surface area contributed by atoms with Crippen LogP contribution in [0.3, 0.4) is 0 Å². The summed E-state index contributed by atoms with van der Waals surface area (Å²) in [4.78, 5) is 11.9. The van der Waals surface area contributed by atoms with Crippen molar-refractivity contribution in [3.8, 4) is 0 Å². The molecule has 0 aliphatic heterocycles. The lowest BCUT2D eigenvalue weighted by Gasteiger charge is -2.08. The van der Waals surface area contributed by atoms with E-state index < -0.39 is 0 Å². The molecule has 1 aromatic heterocycles. The average molecular weight is 237 g/mol. The number of pyridine rings is 1. The lowest BCUT2D eigenvalue weighted by atomic mass is 10.1. The fourth-order valence-corrected chi connectivity index (χ4v) is 2.00. The molecule has 0 saturated carbocycles. The van der Waals surface area contributed by atoms with Gasteiger partial charge in [0.1, 0.15) is 0 Å². The Kier molecular flexibility index (Phi) is 2.99. The van der Waals surface area contributed by atoms with Crippen LogP contribution >= 0.6 is 11.6 Å². The number of fused-ring (bicyclic) bond motifs is 1. The maximum atomic E-state index is 11.9. The molecule has 0 bridgehead atoms. The topological polar surface area (TPSA) is 48.0 Å². The van der Waals surface area contributed by atoms with Crippen molar-refractivity contribution >= 4 is 22.5 Å². The molecule has 2 N–H and O–H groups in total. The van der Waals surface area contributed by atoms with Gasteiger partial charge in [0.25, 0.3) is 5.56 Å². The fourth-order valence-electron chi connectivity index (χ4n) is 1.84. The Hall–Kier alpha value is -1.32. The van der Waals surface area contributed by atoms with Gasteiger partial charge in [0, 0.05) is 17.6 Å². The predicted octanol–water partition coefficient (Wildman–Crippen LogP) is 1.69. The molecule has 0 fully saturated rings. The number of aromatic nitrogens is 1. The van der Waals surface area contributed by atoms with Gasteiger partial charge in [-0.15, -0.1) is 0 Å². The van der Waals surface area contributed by atoms with Gasteiger partial charge in [-0.05, 0) is 36.6 Å². The number of hydrogen-bond acceptors (Lipinski definition) is 2. The molecule has 0 aliphatic carbocycles. The zero-order valence-electron chi connectivity index (χ0n) is 9.03. The molecule has 2 aromatic rings. The van der Waals surface area contributed by atoms with Crippen LogP contribution in [0.4, 0.5) is 0 Å². The zero-order chi connectivity index (χ0) is 11.7. The minimum atomic E-state index is 0.000201. The number of nitrogens with zero attached hydrogens (tertiary/aromatic N) is 1. The second-order valence-corrected chi connectivity index (χ2v) is 4.21. The quantitative estimate of drug-likeness (QED) is 0.863. The van der Waals surface area contributed by atoms with E-state index in [9.17, 15) is 4.79 Å². The summed E-state index contributed by atoms with van der Waals surface area (Å²) in [6.45, 7) is 0.480. The first kappa shape index (κ1) is 11.2. The van der Waals surface area contributed by atoms with E-state index in [0.717, 1.165) is 16.5 Å². The lowest BCUT2D eigenvalue weighted by molar-refractivity contribution is 0.857. The molecular weight excluding hydrogens is 224 g/mol. The fraction of sp³-hybridized carbons (Fsp3) is 0.250. The minimum Gasteiger partial charge on any atom is -0.330 e. The largest absolute Gasteiger partial charge is 0.330 e. The second kappa shape index (κ2) is 4.28. The first-order valence-corrected chi connectivity index (χ1v) is 5.49. The van der Waals surface area contributed by atoms with Crippen LogP contribution < -0.4 is 11.3 Å². The van der Waals surface area contributed by atoms with E-state index in [0.29, 0.717) is 18.0 Å². The molecule has 4 heteroatoms. The number of hydrogen-bond donors (Lipinski definition) is 1. The summed E-state index contributed by atoms with van der Waals surface area (Å²) >= 11 is 5.91. The van der Waals surface area contributed by atoms with Gasteiger partial charge in [0.15, 0.2) is 0 Å². The minimum absolute atomic E-state index is 0.000201. The average Bonchev–Trinajstić information content (AvgIpc) is 2.27. The van der Waals surface area contributed by atoms with Crippen molar-refractivity contribution < 1.29 is 0 Å². The van der Waals surface area contributed by atoms with Gasteiger partial charge in [-0.25, -0.2) is 0 Å². The lowest BCUT2D eigenvalue weighted by Crippen LogP contribution is -2.23. The third-order valence-corrected chi connectivity index (χ3v) is 2.91. The van der Waals surface area contributed by atoms with E-state index in [1.807, 2.05) is 18.2 Å². The molecule has 2 rings (SSSR count). The predicted molar refractivity (Wildman–Crippen MR) is 67.0 cm³/mol. The van der Waals surface area contributed by atoms with Crippen LogP contribution in [0.15, 0.2) is 29.1 Å². The Bertz CT molecular complexity index is 589. The van der Waals surface area contributed by atoms with Gasteiger partial charge in [-0.3, -0.25) is 4.79 Å². The number of halogens is 1. The van der Waals surface area contributed by atoms with Gasteiger partial charge < -0.3 is 10.3 Å². The summed E-state index contributed by atoms with van der Waals surface area (Å²) in [5.41, 5.74) is 7.07. The maximum absolute atomic E-state index is 11.9. The van der Waals surface area contributed by atoms with Crippen molar-refractivity contribution in [3.63, 3.8) is 0 Å². The number of aryl methyl sites for hydroxylation is 1. The van der Waals surface area contributed by atoms with Crippen LogP contribution in [0.25, 0.3) is 10.9 Å². The van der Waals surface area contributed by atoms with Crippen LogP contribution in [0.1, 0.15) is 5.56 Å². The summed E-state index contributed by atoms with van der Waals surface area (Å²) in [6.07, 6.45) is 0.602. The Morgan fingerprint density at radius 1 is 1.38 bits per heavy atom. The van der Waals surface area contributed by atoms with E-state index in [2.05, 4.69) is 0 Å². The van der Waals surface area contributed by atoms with E-state index in [1.165, 1.54) is 0 Å². The van der Waals surface area contributed by atoms with E-state index in [4.69, 9.17) is 17.3 Å². The first-order valence-electron chi connectivity index (χ1n) is 5.11. The molecule has 0 amide bonds. The zero-order valence-corrected chi connectivity index (χ0v) is 9.79. The van der Waals surface area contributed by atoms with Crippen molar-refractivity contribution in [2.45, 2.75) is 6.42 Å². The highest BCUT2D eigenvalue weighted by atomic mass is 35.5. The van der Waals surface area contributed by atoms with Crippen LogP contribution in [0, 0.1) is 0 Å². The van der Waals surface area contributed by atoms with Crippen LogP contribution in [-0.4, -0.2) is 11.1 Å². The van der Waals surface area contributed by atoms with Gasteiger partial charge in [0.2, 0.25) is 0 Å². The van der Waals surface area contributed by atoms with Crippen molar-refractivity contribution in [1.82, 2.24) is 4.57 Å². The highest BCUT2D eigenvalue weighted by Crippen LogP contribution is 2.18. The Balaban J connectivity index is 2.78. The van der Waals surface area contributed by atoms with Crippen molar-refractivity contribution in [1.29, 1.82) is 0 Å². The van der Waals surface area contributed by atoms with Crippen LogP contribution in [0.5, 0.6) is 0 Å². The summed E-state index contributed by atoms with van der Waals surface area (Å²) < 4.78 is 1.62. The van der Waals surface area contributed by atoms with Gasteiger partial charge >= 0.3 is 0 Å². The Morgan fingerprint density at radius 3 is 2.81 bits per heavy atom. The molecule has 0 aliphatic rings. The summed E-state index contributed by atoms with van der Waals surface area (Å²) in [5, 5.41) is 1.64. The third kappa shape index (κ3) is 1.84.